The Balaban J connectivity index is 3.91. The van der Waals surface area contributed by atoms with E-state index in [2.05, 4.69) is 11.3 Å². The first-order valence-electron chi connectivity index (χ1n) is 2.90. The molecule has 0 spiro atoms. The summed E-state index contributed by atoms with van der Waals surface area (Å²) in [4.78, 5) is 20.6. The largest absolute Gasteiger partial charge is 0.469 e. The molecule has 3 nitrogen and oxygen atoms in total. The van der Waals surface area contributed by atoms with Gasteiger partial charge in [-0.25, -0.2) is 0 Å². The van der Waals surface area contributed by atoms with Gasteiger partial charge in [-0.3, -0.25) is 4.79 Å². The van der Waals surface area contributed by atoms with Crippen molar-refractivity contribution in [2.24, 2.45) is 5.92 Å². The van der Waals surface area contributed by atoms with Crippen LogP contribution in [0.4, 0.5) is 0 Å². The lowest BCUT2D eigenvalue weighted by molar-refractivity contribution is -0.144. The molecule has 10 heavy (non-hydrogen) atoms. The van der Waals surface area contributed by atoms with Crippen LogP contribution in [0.2, 0.25) is 0 Å². The monoisotopic (exact) mass is 142 g/mol. The fraction of sp³-hybridized carbons (Fsp3) is 0.429. The van der Waals surface area contributed by atoms with E-state index in [0.29, 0.717) is 6.29 Å². The van der Waals surface area contributed by atoms with Crippen molar-refractivity contribution in [3.8, 4) is 0 Å². The normalized spacial score (nSPS) is 11.7. The van der Waals surface area contributed by atoms with E-state index in [4.69, 9.17) is 0 Å². The topological polar surface area (TPSA) is 43.4 Å². The summed E-state index contributed by atoms with van der Waals surface area (Å²) in [5, 5.41) is 0. The third-order valence-electron chi connectivity index (χ3n) is 1.14. The predicted molar refractivity (Wildman–Crippen MR) is 36.4 cm³/mol. The van der Waals surface area contributed by atoms with Gasteiger partial charge in [0.1, 0.15) is 6.29 Å². The summed E-state index contributed by atoms with van der Waals surface area (Å²) in [5.41, 5.74) is 0. The zero-order valence-electron chi connectivity index (χ0n) is 5.87. The number of carbonyl (C=O) groups excluding carboxylic acids is 2. The fourth-order valence-electron chi connectivity index (χ4n) is 0.544. The van der Waals surface area contributed by atoms with Crippen molar-refractivity contribution < 1.29 is 14.3 Å². The third kappa shape index (κ3) is 2.44. The highest BCUT2D eigenvalue weighted by molar-refractivity contribution is 5.77. The molecule has 0 bridgehead atoms. The maximum absolute atomic E-state index is 10.7. The SMILES string of the molecule is C=CC(CC=O)C(=O)OC. The zero-order valence-corrected chi connectivity index (χ0v) is 5.87. The quantitative estimate of drug-likeness (QED) is 0.327. The van der Waals surface area contributed by atoms with Crippen LogP contribution in [0.25, 0.3) is 0 Å². The van der Waals surface area contributed by atoms with Crippen LogP contribution < -0.4 is 0 Å². The van der Waals surface area contributed by atoms with Gasteiger partial charge in [0.2, 0.25) is 0 Å². The lowest BCUT2D eigenvalue weighted by Gasteiger charge is -2.03. The summed E-state index contributed by atoms with van der Waals surface area (Å²) < 4.78 is 4.39. The smallest absolute Gasteiger partial charge is 0.312 e. The van der Waals surface area contributed by atoms with Gasteiger partial charge < -0.3 is 9.53 Å². The Labute approximate surface area is 59.7 Å². The second-order valence-electron chi connectivity index (χ2n) is 1.77. The molecule has 56 valence electrons. The van der Waals surface area contributed by atoms with Gasteiger partial charge in [-0.15, -0.1) is 6.58 Å². The van der Waals surface area contributed by atoms with E-state index >= 15 is 0 Å². The van der Waals surface area contributed by atoms with Gasteiger partial charge in [0.05, 0.1) is 13.0 Å². The van der Waals surface area contributed by atoms with Crippen LogP contribution >= 0.6 is 0 Å². The van der Waals surface area contributed by atoms with Crippen LogP contribution in [-0.2, 0) is 14.3 Å². The van der Waals surface area contributed by atoms with Crippen LogP contribution in [0.1, 0.15) is 6.42 Å². The Kier molecular flexibility index (Phi) is 4.20. The molecule has 0 radical (unpaired) electrons. The van der Waals surface area contributed by atoms with E-state index in [0.717, 1.165) is 0 Å². The maximum atomic E-state index is 10.7. The lowest BCUT2D eigenvalue weighted by atomic mass is 10.1. The summed E-state index contributed by atoms with van der Waals surface area (Å²) in [5.74, 6) is -0.899. The Hall–Kier alpha value is -1.12. The maximum Gasteiger partial charge on any atom is 0.312 e. The van der Waals surface area contributed by atoms with Gasteiger partial charge in [0.25, 0.3) is 0 Å². The van der Waals surface area contributed by atoms with Crippen molar-refractivity contribution in [1.82, 2.24) is 0 Å². The molecule has 0 amide bonds. The first-order valence-corrected chi connectivity index (χ1v) is 2.90. The highest BCUT2D eigenvalue weighted by Gasteiger charge is 2.13. The minimum atomic E-state index is -0.484. The second kappa shape index (κ2) is 4.73. The van der Waals surface area contributed by atoms with E-state index in [1.165, 1.54) is 13.2 Å². The van der Waals surface area contributed by atoms with Gasteiger partial charge in [0, 0.05) is 6.42 Å². The molecular weight excluding hydrogens is 132 g/mol. The molecule has 3 heteroatoms. The summed E-state index contributed by atoms with van der Waals surface area (Å²) in [6.45, 7) is 3.39. The highest BCUT2D eigenvalue weighted by atomic mass is 16.5. The number of ether oxygens (including phenoxy) is 1. The fourth-order valence-corrected chi connectivity index (χ4v) is 0.544. The van der Waals surface area contributed by atoms with Crippen molar-refractivity contribution in [3.63, 3.8) is 0 Å². The Morgan fingerprint density at radius 2 is 2.40 bits per heavy atom. The third-order valence-corrected chi connectivity index (χ3v) is 1.14. The molecule has 0 heterocycles. The van der Waals surface area contributed by atoms with E-state index < -0.39 is 11.9 Å². The molecule has 0 aliphatic carbocycles. The van der Waals surface area contributed by atoms with Gasteiger partial charge in [0.15, 0.2) is 0 Å². The van der Waals surface area contributed by atoms with Crippen LogP contribution in [0.15, 0.2) is 12.7 Å². The molecule has 0 aromatic heterocycles. The molecule has 0 aromatic carbocycles. The predicted octanol–water partition coefficient (Wildman–Crippen LogP) is 0.551. The minimum Gasteiger partial charge on any atom is -0.469 e. The number of esters is 1. The van der Waals surface area contributed by atoms with Crippen LogP contribution in [-0.4, -0.2) is 19.4 Å². The molecule has 0 aliphatic rings. The molecule has 1 unspecified atom stereocenters. The minimum absolute atomic E-state index is 0.149. The molecule has 0 saturated carbocycles. The van der Waals surface area contributed by atoms with E-state index in [1.54, 1.807) is 0 Å². The summed E-state index contributed by atoms with van der Waals surface area (Å²) in [6, 6.07) is 0. The van der Waals surface area contributed by atoms with Gasteiger partial charge in [-0.1, -0.05) is 6.08 Å². The summed E-state index contributed by atoms with van der Waals surface area (Å²) >= 11 is 0. The Bertz CT molecular complexity index is 140. The van der Waals surface area contributed by atoms with Crippen molar-refractivity contribution in [2.45, 2.75) is 6.42 Å². The Morgan fingerprint density at radius 3 is 2.70 bits per heavy atom. The van der Waals surface area contributed by atoms with Crippen LogP contribution in [0.3, 0.4) is 0 Å². The summed E-state index contributed by atoms with van der Waals surface area (Å²) in [7, 11) is 1.28. The van der Waals surface area contributed by atoms with Crippen molar-refractivity contribution in [1.29, 1.82) is 0 Å². The number of rotatable bonds is 4. The van der Waals surface area contributed by atoms with Gasteiger partial charge >= 0.3 is 5.97 Å². The van der Waals surface area contributed by atoms with Crippen molar-refractivity contribution >= 4 is 12.3 Å². The first-order chi connectivity index (χ1) is 4.76. The average molecular weight is 142 g/mol. The number of methoxy groups -OCH3 is 1. The number of hydrogen-bond acceptors (Lipinski definition) is 3. The van der Waals surface area contributed by atoms with E-state index in [1.807, 2.05) is 0 Å². The number of aldehydes is 1. The van der Waals surface area contributed by atoms with Gasteiger partial charge in [-0.05, 0) is 0 Å². The number of hydrogen-bond donors (Lipinski definition) is 0. The first kappa shape index (κ1) is 8.88. The standard InChI is InChI=1S/C7H10O3/c1-3-6(4-5-8)7(9)10-2/h3,5-6H,1,4H2,2H3. The highest BCUT2D eigenvalue weighted by Crippen LogP contribution is 2.03. The van der Waals surface area contributed by atoms with Crippen LogP contribution in [0, 0.1) is 5.92 Å². The van der Waals surface area contributed by atoms with E-state index in [9.17, 15) is 9.59 Å². The molecule has 0 N–H and O–H groups in total. The number of carbonyl (C=O) groups is 2. The van der Waals surface area contributed by atoms with Crippen molar-refractivity contribution in [3.05, 3.63) is 12.7 Å². The molecule has 0 saturated heterocycles. The van der Waals surface area contributed by atoms with E-state index in [-0.39, 0.29) is 6.42 Å². The molecule has 1 atom stereocenters. The zero-order chi connectivity index (χ0) is 7.98. The molecular formula is C7H10O3. The average Bonchev–Trinajstić information content (AvgIpc) is 1.99. The molecule has 0 aliphatic heterocycles. The van der Waals surface area contributed by atoms with Crippen molar-refractivity contribution in [2.75, 3.05) is 7.11 Å². The lowest BCUT2D eigenvalue weighted by Crippen LogP contribution is -2.13. The Morgan fingerprint density at radius 1 is 1.80 bits per heavy atom. The second-order valence-corrected chi connectivity index (χ2v) is 1.77. The molecule has 0 fully saturated rings. The van der Waals surface area contributed by atoms with Crippen LogP contribution in [0.5, 0.6) is 0 Å². The molecule has 0 rings (SSSR count). The summed E-state index contributed by atoms with van der Waals surface area (Å²) in [6.07, 6.45) is 2.22. The van der Waals surface area contributed by atoms with Gasteiger partial charge in [-0.2, -0.15) is 0 Å². The molecule has 0 aromatic rings.